The molecule has 0 saturated heterocycles. The van der Waals surface area contributed by atoms with Crippen LogP contribution in [0.1, 0.15) is 0 Å². The van der Waals surface area contributed by atoms with Crippen molar-refractivity contribution in [2.24, 2.45) is 0 Å². The van der Waals surface area contributed by atoms with E-state index in [-0.39, 0.29) is 0 Å². The summed E-state index contributed by atoms with van der Waals surface area (Å²) in [5.41, 5.74) is 0.806. The molecular weight excluding hydrogens is 159 g/mol. The van der Waals surface area contributed by atoms with Crippen LogP contribution >= 0.6 is 7.29 Å². The van der Waals surface area contributed by atoms with E-state index in [0.29, 0.717) is 0 Å². The van der Waals surface area contributed by atoms with Crippen molar-refractivity contribution in [3.63, 3.8) is 0 Å². The molecule has 1 N–H and O–H groups in total. The van der Waals surface area contributed by atoms with Crippen molar-refractivity contribution in [1.29, 1.82) is 0 Å². The Kier molecular flexibility index (Phi) is 2.30. The first-order valence-corrected chi connectivity index (χ1v) is 5.91. The minimum Gasteiger partial charge on any atom is -0.335 e. The fraction of sp³-hybridized carbons (Fsp3) is 0.286. The molecule has 1 rings (SSSR count). The van der Waals surface area contributed by atoms with Crippen LogP contribution in [0, 0.1) is 0 Å². The highest BCUT2D eigenvalue weighted by atomic mass is 31.2. The lowest BCUT2D eigenvalue weighted by Gasteiger charge is -2.09. The summed E-state index contributed by atoms with van der Waals surface area (Å²) in [6, 6.07) is 3.64. The molecule has 1 aromatic rings. The third kappa shape index (κ3) is 3.19. The average molecular weight is 170 g/mol. The summed E-state index contributed by atoms with van der Waals surface area (Å²) < 4.78 is 11.2. The second kappa shape index (κ2) is 3.05. The Morgan fingerprint density at radius 2 is 2.27 bits per heavy atom. The zero-order chi connectivity index (χ0) is 8.32. The van der Waals surface area contributed by atoms with Gasteiger partial charge in [-0.05, 0) is 12.1 Å². The maximum Gasteiger partial charge on any atom is 0.164 e. The van der Waals surface area contributed by atoms with Crippen LogP contribution in [0.2, 0.25) is 0 Å². The van der Waals surface area contributed by atoms with E-state index in [1.54, 1.807) is 31.8 Å². The molecule has 0 fully saturated rings. The van der Waals surface area contributed by atoms with Gasteiger partial charge in [0.05, 0.1) is 11.9 Å². The fourth-order valence-corrected chi connectivity index (χ4v) is 1.49. The van der Waals surface area contributed by atoms with Gasteiger partial charge in [0.25, 0.3) is 0 Å². The van der Waals surface area contributed by atoms with Gasteiger partial charge in [0.2, 0.25) is 0 Å². The molecule has 0 unspecified atom stereocenters. The highest BCUT2D eigenvalue weighted by Gasteiger charge is 2.04. The predicted molar refractivity (Wildman–Crippen MR) is 47.3 cm³/mol. The lowest BCUT2D eigenvalue weighted by molar-refractivity contribution is 0.585. The lowest BCUT2D eigenvalue weighted by atomic mass is 10.4. The Morgan fingerprint density at radius 1 is 1.55 bits per heavy atom. The molecule has 1 heterocycles. The molecule has 0 amide bonds. The average Bonchev–Trinajstić information content (AvgIpc) is 1.85. The van der Waals surface area contributed by atoms with E-state index >= 15 is 0 Å². The van der Waals surface area contributed by atoms with Gasteiger partial charge in [0.15, 0.2) is 7.29 Å². The molecule has 0 radical (unpaired) electrons. The summed E-state index contributed by atoms with van der Waals surface area (Å²) in [6.07, 6.45) is 3.33. The molecule has 0 bridgehead atoms. The Labute approximate surface area is 66.3 Å². The maximum atomic E-state index is 11.2. The van der Waals surface area contributed by atoms with Crippen LogP contribution in [0.25, 0.3) is 0 Å². The molecular formula is C7H11N2OP. The predicted octanol–water partition coefficient (Wildman–Crippen LogP) is 2.03. The van der Waals surface area contributed by atoms with Crippen molar-refractivity contribution >= 4 is 13.0 Å². The van der Waals surface area contributed by atoms with Crippen molar-refractivity contribution < 1.29 is 4.57 Å². The summed E-state index contributed by atoms with van der Waals surface area (Å²) >= 11 is 0. The third-order valence-corrected chi connectivity index (χ3v) is 1.86. The van der Waals surface area contributed by atoms with E-state index in [9.17, 15) is 4.57 Å². The van der Waals surface area contributed by atoms with Gasteiger partial charge in [-0.25, -0.2) is 0 Å². The van der Waals surface area contributed by atoms with E-state index in [4.69, 9.17) is 0 Å². The summed E-state index contributed by atoms with van der Waals surface area (Å²) in [7, 11) is -2.18. The summed E-state index contributed by atoms with van der Waals surface area (Å²) in [5.74, 6) is 0. The number of hydrogen-bond donors (Lipinski definition) is 1. The molecule has 0 saturated carbocycles. The molecule has 1 aromatic heterocycles. The Hall–Kier alpha value is -0.820. The minimum absolute atomic E-state index is 0.806. The van der Waals surface area contributed by atoms with Crippen LogP contribution in [0.4, 0.5) is 5.69 Å². The number of nitrogens with zero attached hydrogens (tertiary/aromatic N) is 1. The van der Waals surface area contributed by atoms with E-state index in [2.05, 4.69) is 10.1 Å². The first-order chi connectivity index (χ1) is 5.08. The summed E-state index contributed by atoms with van der Waals surface area (Å²) in [5, 5.41) is 2.87. The Bertz CT molecular complexity index is 267. The molecule has 3 nitrogen and oxygen atoms in total. The lowest BCUT2D eigenvalue weighted by Crippen LogP contribution is -1.92. The summed E-state index contributed by atoms with van der Waals surface area (Å²) in [6.45, 7) is 3.36. The molecule has 0 aliphatic carbocycles. The van der Waals surface area contributed by atoms with Crippen LogP contribution in [0.15, 0.2) is 24.5 Å². The Balaban J connectivity index is 2.74. The van der Waals surface area contributed by atoms with Gasteiger partial charge >= 0.3 is 0 Å². The number of hydrogen-bond acceptors (Lipinski definition) is 2. The van der Waals surface area contributed by atoms with Gasteiger partial charge in [-0.2, -0.15) is 0 Å². The number of nitrogens with one attached hydrogen (secondary N) is 1. The molecule has 4 heteroatoms. The van der Waals surface area contributed by atoms with Crippen molar-refractivity contribution in [3.05, 3.63) is 24.5 Å². The normalized spacial score (nSPS) is 11.1. The van der Waals surface area contributed by atoms with Crippen LogP contribution in [-0.2, 0) is 4.57 Å². The number of anilines is 1. The second-order valence-electron chi connectivity index (χ2n) is 2.70. The van der Waals surface area contributed by atoms with Gasteiger partial charge in [0.1, 0.15) is 0 Å². The monoisotopic (exact) mass is 170 g/mol. The molecule has 0 aliphatic rings. The van der Waals surface area contributed by atoms with Gasteiger partial charge in [-0.15, -0.1) is 0 Å². The third-order valence-electron chi connectivity index (χ3n) is 1.06. The SMILES string of the molecule is CP(C)(=O)Nc1cccnc1. The number of aromatic nitrogens is 1. The van der Waals surface area contributed by atoms with E-state index < -0.39 is 7.29 Å². The van der Waals surface area contributed by atoms with Gasteiger partial charge in [-0.1, -0.05) is 0 Å². The van der Waals surface area contributed by atoms with Gasteiger partial charge < -0.3 is 9.65 Å². The highest BCUT2D eigenvalue weighted by Crippen LogP contribution is 2.35. The topological polar surface area (TPSA) is 42.0 Å². The van der Waals surface area contributed by atoms with Gasteiger partial charge in [-0.3, -0.25) is 4.98 Å². The molecule has 11 heavy (non-hydrogen) atoms. The van der Waals surface area contributed by atoms with E-state index in [0.717, 1.165) is 5.69 Å². The standard InChI is InChI=1S/C7H11N2OP/c1-11(2,10)9-7-4-3-5-8-6-7/h3-6H,1-2H3,(H,9,10). The first kappa shape index (κ1) is 8.28. The zero-order valence-corrected chi connectivity index (χ0v) is 7.51. The van der Waals surface area contributed by atoms with E-state index in [1.165, 1.54) is 0 Å². The molecule has 0 atom stereocenters. The number of pyridine rings is 1. The second-order valence-corrected chi connectivity index (χ2v) is 5.63. The minimum atomic E-state index is -2.18. The Morgan fingerprint density at radius 3 is 2.73 bits per heavy atom. The quantitative estimate of drug-likeness (QED) is 0.690. The highest BCUT2D eigenvalue weighted by molar-refractivity contribution is 7.63. The van der Waals surface area contributed by atoms with Crippen LogP contribution in [-0.4, -0.2) is 18.3 Å². The van der Waals surface area contributed by atoms with Crippen molar-refractivity contribution in [1.82, 2.24) is 4.98 Å². The van der Waals surface area contributed by atoms with Crippen molar-refractivity contribution in [3.8, 4) is 0 Å². The smallest absolute Gasteiger partial charge is 0.164 e. The maximum absolute atomic E-state index is 11.2. The summed E-state index contributed by atoms with van der Waals surface area (Å²) in [4.78, 5) is 3.89. The first-order valence-electron chi connectivity index (χ1n) is 3.31. The van der Waals surface area contributed by atoms with Crippen LogP contribution in [0.3, 0.4) is 0 Å². The molecule has 0 spiro atoms. The zero-order valence-electron chi connectivity index (χ0n) is 6.61. The van der Waals surface area contributed by atoms with Crippen molar-refractivity contribution in [2.75, 3.05) is 18.4 Å². The van der Waals surface area contributed by atoms with E-state index in [1.807, 2.05) is 6.07 Å². The molecule has 0 aliphatic heterocycles. The number of rotatable bonds is 2. The molecule has 0 aromatic carbocycles. The molecule has 60 valence electrons. The van der Waals surface area contributed by atoms with Crippen molar-refractivity contribution in [2.45, 2.75) is 0 Å². The van der Waals surface area contributed by atoms with Gasteiger partial charge in [0, 0.05) is 19.5 Å². The fourth-order valence-electron chi connectivity index (χ4n) is 0.740. The largest absolute Gasteiger partial charge is 0.335 e. The van der Waals surface area contributed by atoms with Crippen LogP contribution in [0.5, 0.6) is 0 Å². The van der Waals surface area contributed by atoms with Crippen LogP contribution < -0.4 is 5.09 Å².